The first kappa shape index (κ1) is 11.0. The summed E-state index contributed by atoms with van der Waals surface area (Å²) in [6, 6.07) is 6.39. The second-order valence-electron chi connectivity index (χ2n) is 3.13. The fourth-order valence-electron chi connectivity index (χ4n) is 1.12. The average molecular weight is 263 g/mol. The Morgan fingerprint density at radius 1 is 1.54 bits per heavy atom. The lowest BCUT2D eigenvalue weighted by Crippen LogP contribution is -2.23. The van der Waals surface area contributed by atoms with Gasteiger partial charge < -0.3 is 5.32 Å². The van der Waals surface area contributed by atoms with E-state index in [0.29, 0.717) is 6.04 Å². The minimum Gasteiger partial charge on any atom is -0.317 e. The molecular formula is C10H13BrClN. The Bertz CT molecular complexity index is 288. The summed E-state index contributed by atoms with van der Waals surface area (Å²) in [5.41, 5.74) is 1.28. The van der Waals surface area contributed by atoms with E-state index in [0.717, 1.165) is 15.9 Å². The van der Waals surface area contributed by atoms with E-state index in [4.69, 9.17) is 11.6 Å². The molecule has 3 heteroatoms. The highest BCUT2D eigenvalue weighted by Gasteiger charge is 2.04. The second-order valence-corrected chi connectivity index (χ2v) is 4.42. The molecular weight excluding hydrogens is 249 g/mol. The molecule has 0 aliphatic rings. The van der Waals surface area contributed by atoms with E-state index in [1.165, 1.54) is 5.56 Å². The number of nitrogens with one attached hydrogen (secondary N) is 1. The number of hydrogen-bond donors (Lipinski definition) is 1. The van der Waals surface area contributed by atoms with Crippen LogP contribution in [0.25, 0.3) is 0 Å². The van der Waals surface area contributed by atoms with Crippen LogP contribution in [0.5, 0.6) is 0 Å². The van der Waals surface area contributed by atoms with Crippen LogP contribution < -0.4 is 5.32 Å². The van der Waals surface area contributed by atoms with Gasteiger partial charge in [-0.2, -0.15) is 0 Å². The largest absolute Gasteiger partial charge is 0.317 e. The summed E-state index contributed by atoms with van der Waals surface area (Å²) in [7, 11) is 1.97. The Kier molecular flexibility index (Phi) is 4.23. The fraction of sp³-hybridized carbons (Fsp3) is 0.400. The first-order valence-corrected chi connectivity index (χ1v) is 5.41. The number of hydrogen-bond acceptors (Lipinski definition) is 1. The topological polar surface area (TPSA) is 12.0 Å². The van der Waals surface area contributed by atoms with E-state index in [2.05, 4.69) is 34.2 Å². The standard InChI is InChI=1S/C10H13BrClN/c1-7(13-2)5-8-3-4-9(12)6-10(8)11/h3-4,6-7,13H,5H2,1-2H3. The van der Waals surface area contributed by atoms with Crippen molar-refractivity contribution in [1.29, 1.82) is 0 Å². The van der Waals surface area contributed by atoms with Gasteiger partial charge in [0.15, 0.2) is 0 Å². The number of halogens is 2. The first-order chi connectivity index (χ1) is 6.13. The van der Waals surface area contributed by atoms with Crippen molar-refractivity contribution in [3.8, 4) is 0 Å². The van der Waals surface area contributed by atoms with Crippen molar-refractivity contribution in [2.24, 2.45) is 0 Å². The van der Waals surface area contributed by atoms with Gasteiger partial charge in [0.25, 0.3) is 0 Å². The molecule has 1 nitrogen and oxygen atoms in total. The van der Waals surface area contributed by atoms with Crippen molar-refractivity contribution in [3.05, 3.63) is 33.3 Å². The smallest absolute Gasteiger partial charge is 0.0417 e. The molecule has 13 heavy (non-hydrogen) atoms. The normalized spacial score (nSPS) is 12.9. The van der Waals surface area contributed by atoms with Crippen LogP contribution >= 0.6 is 27.5 Å². The quantitative estimate of drug-likeness (QED) is 0.882. The molecule has 0 saturated carbocycles. The highest BCUT2D eigenvalue weighted by Crippen LogP contribution is 2.22. The first-order valence-electron chi connectivity index (χ1n) is 4.24. The molecule has 0 aliphatic carbocycles. The van der Waals surface area contributed by atoms with E-state index in [-0.39, 0.29) is 0 Å². The molecule has 0 aliphatic heterocycles. The van der Waals surface area contributed by atoms with Crippen molar-refractivity contribution >= 4 is 27.5 Å². The molecule has 1 atom stereocenters. The summed E-state index contributed by atoms with van der Waals surface area (Å²) < 4.78 is 1.09. The Labute approximate surface area is 92.6 Å². The Balaban J connectivity index is 2.77. The zero-order valence-electron chi connectivity index (χ0n) is 7.77. The molecule has 0 aromatic heterocycles. The lowest BCUT2D eigenvalue weighted by Gasteiger charge is -2.11. The Morgan fingerprint density at radius 2 is 2.23 bits per heavy atom. The molecule has 1 rings (SSSR count). The fourth-order valence-corrected chi connectivity index (χ4v) is 1.96. The van der Waals surface area contributed by atoms with Crippen molar-refractivity contribution in [2.45, 2.75) is 19.4 Å². The molecule has 72 valence electrons. The highest BCUT2D eigenvalue weighted by atomic mass is 79.9. The van der Waals surface area contributed by atoms with Gasteiger partial charge in [0, 0.05) is 15.5 Å². The lowest BCUT2D eigenvalue weighted by molar-refractivity contribution is 0.607. The maximum Gasteiger partial charge on any atom is 0.0417 e. The third kappa shape index (κ3) is 3.29. The zero-order chi connectivity index (χ0) is 9.84. The molecule has 0 bridgehead atoms. The van der Waals surface area contributed by atoms with Gasteiger partial charge in [-0.15, -0.1) is 0 Å². The molecule has 1 aromatic rings. The van der Waals surface area contributed by atoms with Crippen LogP contribution in [-0.2, 0) is 6.42 Å². The Hall–Kier alpha value is -0.0500. The van der Waals surface area contributed by atoms with E-state index >= 15 is 0 Å². The van der Waals surface area contributed by atoms with E-state index < -0.39 is 0 Å². The van der Waals surface area contributed by atoms with Crippen LogP contribution in [-0.4, -0.2) is 13.1 Å². The van der Waals surface area contributed by atoms with Crippen LogP contribution in [0.1, 0.15) is 12.5 Å². The SMILES string of the molecule is CNC(C)Cc1ccc(Cl)cc1Br. The molecule has 0 saturated heterocycles. The monoisotopic (exact) mass is 261 g/mol. The van der Waals surface area contributed by atoms with Crippen LogP contribution in [0.15, 0.2) is 22.7 Å². The van der Waals surface area contributed by atoms with E-state index in [1.54, 1.807) is 0 Å². The van der Waals surface area contributed by atoms with Crippen LogP contribution in [0.3, 0.4) is 0 Å². The molecule has 0 fully saturated rings. The molecule has 1 N–H and O–H groups in total. The summed E-state index contributed by atoms with van der Waals surface area (Å²) in [6.07, 6.45) is 1.01. The molecule has 0 spiro atoms. The molecule has 0 radical (unpaired) electrons. The summed E-state index contributed by atoms with van der Waals surface area (Å²) in [5.74, 6) is 0. The van der Waals surface area contributed by atoms with Gasteiger partial charge in [-0.25, -0.2) is 0 Å². The third-order valence-corrected chi connectivity index (χ3v) is 3.01. The van der Waals surface area contributed by atoms with Crippen molar-refractivity contribution in [1.82, 2.24) is 5.32 Å². The number of likely N-dealkylation sites (N-methyl/N-ethyl adjacent to an activating group) is 1. The van der Waals surface area contributed by atoms with Gasteiger partial charge in [0.1, 0.15) is 0 Å². The van der Waals surface area contributed by atoms with Crippen molar-refractivity contribution < 1.29 is 0 Å². The van der Waals surface area contributed by atoms with Crippen LogP contribution in [0, 0.1) is 0 Å². The van der Waals surface area contributed by atoms with Gasteiger partial charge in [-0.05, 0) is 38.1 Å². The summed E-state index contributed by atoms with van der Waals surface area (Å²) in [6.45, 7) is 2.15. The van der Waals surface area contributed by atoms with Crippen LogP contribution in [0.4, 0.5) is 0 Å². The second kappa shape index (κ2) is 4.99. The molecule has 1 unspecified atom stereocenters. The van der Waals surface area contributed by atoms with Crippen molar-refractivity contribution in [2.75, 3.05) is 7.05 Å². The molecule has 0 heterocycles. The predicted octanol–water partition coefficient (Wildman–Crippen LogP) is 3.25. The minimum absolute atomic E-state index is 0.484. The average Bonchev–Trinajstić information content (AvgIpc) is 2.09. The zero-order valence-corrected chi connectivity index (χ0v) is 10.1. The van der Waals surface area contributed by atoms with Crippen molar-refractivity contribution in [3.63, 3.8) is 0 Å². The highest BCUT2D eigenvalue weighted by molar-refractivity contribution is 9.10. The lowest BCUT2D eigenvalue weighted by atomic mass is 10.1. The van der Waals surface area contributed by atoms with Gasteiger partial charge in [0.05, 0.1) is 0 Å². The number of benzene rings is 1. The maximum absolute atomic E-state index is 5.84. The summed E-state index contributed by atoms with van der Waals surface area (Å²) in [4.78, 5) is 0. The van der Waals surface area contributed by atoms with Gasteiger partial charge >= 0.3 is 0 Å². The summed E-state index contributed by atoms with van der Waals surface area (Å²) in [5, 5.41) is 3.97. The van der Waals surface area contributed by atoms with E-state index in [1.807, 2.05) is 19.2 Å². The van der Waals surface area contributed by atoms with Gasteiger partial charge in [-0.3, -0.25) is 0 Å². The number of rotatable bonds is 3. The molecule has 1 aromatic carbocycles. The Morgan fingerprint density at radius 3 is 2.77 bits per heavy atom. The van der Waals surface area contributed by atoms with Gasteiger partial charge in [-0.1, -0.05) is 33.6 Å². The summed E-state index contributed by atoms with van der Waals surface area (Å²) >= 11 is 9.33. The van der Waals surface area contributed by atoms with Crippen LogP contribution in [0.2, 0.25) is 5.02 Å². The third-order valence-electron chi connectivity index (χ3n) is 2.03. The minimum atomic E-state index is 0.484. The van der Waals surface area contributed by atoms with Gasteiger partial charge in [0.2, 0.25) is 0 Å². The molecule has 0 amide bonds. The maximum atomic E-state index is 5.84. The van der Waals surface area contributed by atoms with E-state index in [9.17, 15) is 0 Å². The predicted molar refractivity (Wildman–Crippen MR) is 61.4 cm³/mol.